The molecule has 2 N–H and O–H groups in total. The van der Waals surface area contributed by atoms with Crippen molar-refractivity contribution in [3.05, 3.63) is 70.1 Å². The van der Waals surface area contributed by atoms with Gasteiger partial charge in [-0.3, -0.25) is 14.5 Å². The molecule has 5 heteroatoms. The van der Waals surface area contributed by atoms with Gasteiger partial charge in [0.2, 0.25) is 5.56 Å². The van der Waals surface area contributed by atoms with E-state index in [2.05, 4.69) is 27.3 Å². The molecule has 1 saturated heterocycles. The molecular formula is C20H25N3O2. The zero-order valence-electron chi connectivity index (χ0n) is 14.4. The summed E-state index contributed by atoms with van der Waals surface area (Å²) >= 11 is 0. The molecule has 0 radical (unpaired) electrons. The zero-order valence-corrected chi connectivity index (χ0v) is 14.4. The molecule has 25 heavy (non-hydrogen) atoms. The lowest BCUT2D eigenvalue weighted by Crippen LogP contribution is -2.39. The molecule has 1 aromatic carbocycles. The number of carbonyl (C=O) groups is 1. The number of aromatic nitrogens is 1. The Morgan fingerprint density at radius 1 is 1.00 bits per heavy atom. The maximum absolute atomic E-state index is 12.4. The minimum atomic E-state index is -0.264. The number of nitrogens with one attached hydrogen (secondary N) is 2. The van der Waals surface area contributed by atoms with Crippen molar-refractivity contribution in [2.45, 2.75) is 31.7 Å². The molecule has 1 aliphatic rings. The average Bonchev–Trinajstić information content (AvgIpc) is 2.92. The van der Waals surface area contributed by atoms with Crippen LogP contribution in [0.1, 0.15) is 47.8 Å². The predicted molar refractivity (Wildman–Crippen MR) is 98.6 cm³/mol. The number of pyridine rings is 1. The van der Waals surface area contributed by atoms with Gasteiger partial charge in [0.25, 0.3) is 5.91 Å². The van der Waals surface area contributed by atoms with Crippen LogP contribution < -0.4 is 10.9 Å². The van der Waals surface area contributed by atoms with Crippen molar-refractivity contribution in [1.29, 1.82) is 0 Å². The Balaban J connectivity index is 1.73. The molecule has 0 spiro atoms. The van der Waals surface area contributed by atoms with E-state index in [0.29, 0.717) is 12.2 Å². The average molecular weight is 339 g/mol. The molecule has 132 valence electrons. The Kier molecular flexibility index (Phi) is 6.01. The fraction of sp³-hybridized carbons (Fsp3) is 0.400. The van der Waals surface area contributed by atoms with Crippen molar-refractivity contribution in [1.82, 2.24) is 15.2 Å². The van der Waals surface area contributed by atoms with Crippen molar-refractivity contribution in [3.8, 4) is 0 Å². The van der Waals surface area contributed by atoms with Crippen LogP contribution in [0.5, 0.6) is 0 Å². The first-order valence-corrected chi connectivity index (χ1v) is 9.00. The smallest absolute Gasteiger partial charge is 0.267 e. The SMILES string of the molecule is O=C(NCC(c1ccccc1)N1CCCCCC1)c1cccc(=O)[nH]1. The van der Waals surface area contributed by atoms with Crippen LogP contribution in [-0.2, 0) is 0 Å². The summed E-state index contributed by atoms with van der Waals surface area (Å²) in [4.78, 5) is 28.8. The number of aromatic amines is 1. The summed E-state index contributed by atoms with van der Waals surface area (Å²) in [7, 11) is 0. The van der Waals surface area contributed by atoms with Gasteiger partial charge in [0.15, 0.2) is 0 Å². The van der Waals surface area contributed by atoms with Crippen molar-refractivity contribution in [2.24, 2.45) is 0 Å². The largest absolute Gasteiger partial charge is 0.349 e. The van der Waals surface area contributed by atoms with Gasteiger partial charge in [-0.05, 0) is 37.6 Å². The van der Waals surface area contributed by atoms with E-state index in [1.54, 1.807) is 12.1 Å². The predicted octanol–water partition coefficient (Wildman–Crippen LogP) is 2.72. The summed E-state index contributed by atoms with van der Waals surface area (Å²) in [5.41, 5.74) is 1.25. The molecule has 1 aromatic heterocycles. The molecule has 3 rings (SSSR count). The Bertz CT molecular complexity index is 734. The van der Waals surface area contributed by atoms with Gasteiger partial charge in [-0.1, -0.05) is 49.2 Å². The van der Waals surface area contributed by atoms with E-state index in [1.165, 1.54) is 37.3 Å². The van der Waals surface area contributed by atoms with Crippen LogP contribution in [0.15, 0.2) is 53.3 Å². The molecule has 0 saturated carbocycles. The molecule has 5 nitrogen and oxygen atoms in total. The highest BCUT2D eigenvalue weighted by Gasteiger charge is 2.22. The molecular weight excluding hydrogens is 314 g/mol. The number of nitrogens with zero attached hydrogens (tertiary/aromatic N) is 1. The van der Waals surface area contributed by atoms with Gasteiger partial charge in [-0.25, -0.2) is 0 Å². The minimum Gasteiger partial charge on any atom is -0.349 e. The highest BCUT2D eigenvalue weighted by Crippen LogP contribution is 2.23. The number of hydrogen-bond acceptors (Lipinski definition) is 3. The van der Waals surface area contributed by atoms with E-state index in [1.807, 2.05) is 18.2 Å². The van der Waals surface area contributed by atoms with Crippen LogP contribution in [0.25, 0.3) is 0 Å². The molecule has 1 atom stereocenters. The fourth-order valence-corrected chi connectivity index (χ4v) is 3.40. The number of likely N-dealkylation sites (tertiary alicyclic amines) is 1. The van der Waals surface area contributed by atoms with Crippen LogP contribution in [0, 0.1) is 0 Å². The van der Waals surface area contributed by atoms with E-state index in [4.69, 9.17) is 0 Å². The van der Waals surface area contributed by atoms with Crippen LogP contribution in [0.4, 0.5) is 0 Å². The first-order valence-electron chi connectivity index (χ1n) is 9.00. The number of benzene rings is 1. The van der Waals surface area contributed by atoms with Crippen molar-refractivity contribution >= 4 is 5.91 Å². The van der Waals surface area contributed by atoms with E-state index in [9.17, 15) is 9.59 Å². The molecule has 1 amide bonds. The zero-order chi connectivity index (χ0) is 17.5. The highest BCUT2D eigenvalue weighted by atomic mass is 16.2. The second-order valence-corrected chi connectivity index (χ2v) is 6.52. The van der Waals surface area contributed by atoms with E-state index >= 15 is 0 Å². The lowest BCUT2D eigenvalue weighted by atomic mass is 10.0. The summed E-state index contributed by atoms with van der Waals surface area (Å²) in [6.07, 6.45) is 4.94. The Labute approximate surface area is 148 Å². The molecule has 2 aromatic rings. The lowest BCUT2D eigenvalue weighted by molar-refractivity contribution is 0.0928. The van der Waals surface area contributed by atoms with Gasteiger partial charge in [0.05, 0.1) is 6.04 Å². The van der Waals surface area contributed by atoms with Gasteiger partial charge in [-0.2, -0.15) is 0 Å². The monoisotopic (exact) mass is 339 g/mol. The second-order valence-electron chi connectivity index (χ2n) is 6.52. The van der Waals surface area contributed by atoms with Crippen LogP contribution in [-0.4, -0.2) is 35.4 Å². The third-order valence-corrected chi connectivity index (χ3v) is 4.73. The summed E-state index contributed by atoms with van der Waals surface area (Å²) in [5.74, 6) is -0.242. The summed E-state index contributed by atoms with van der Waals surface area (Å²) in [5, 5.41) is 2.99. The Morgan fingerprint density at radius 3 is 2.40 bits per heavy atom. The van der Waals surface area contributed by atoms with E-state index in [-0.39, 0.29) is 17.5 Å². The molecule has 2 heterocycles. The highest BCUT2D eigenvalue weighted by molar-refractivity contribution is 5.92. The molecule has 1 aliphatic heterocycles. The summed E-state index contributed by atoms with van der Waals surface area (Å²) < 4.78 is 0. The van der Waals surface area contributed by atoms with Crippen molar-refractivity contribution in [3.63, 3.8) is 0 Å². The molecule has 1 unspecified atom stereocenters. The number of amides is 1. The van der Waals surface area contributed by atoms with Gasteiger partial charge in [0.1, 0.15) is 5.69 Å². The first-order chi connectivity index (χ1) is 12.2. The number of H-pyrrole nitrogens is 1. The van der Waals surface area contributed by atoms with E-state index in [0.717, 1.165) is 13.1 Å². The molecule has 1 fully saturated rings. The molecule has 0 aliphatic carbocycles. The van der Waals surface area contributed by atoms with Gasteiger partial charge in [0, 0.05) is 12.6 Å². The Hall–Kier alpha value is -2.40. The number of rotatable bonds is 5. The van der Waals surface area contributed by atoms with Crippen LogP contribution in [0.2, 0.25) is 0 Å². The van der Waals surface area contributed by atoms with Crippen LogP contribution >= 0.6 is 0 Å². The third kappa shape index (κ3) is 4.79. The lowest BCUT2D eigenvalue weighted by Gasteiger charge is -2.31. The van der Waals surface area contributed by atoms with Crippen molar-refractivity contribution < 1.29 is 4.79 Å². The first kappa shape index (κ1) is 17.4. The number of hydrogen-bond donors (Lipinski definition) is 2. The Morgan fingerprint density at radius 2 is 1.72 bits per heavy atom. The second kappa shape index (κ2) is 8.62. The molecule has 0 bridgehead atoms. The maximum atomic E-state index is 12.4. The quantitative estimate of drug-likeness (QED) is 0.880. The van der Waals surface area contributed by atoms with Gasteiger partial charge < -0.3 is 10.3 Å². The third-order valence-electron chi connectivity index (χ3n) is 4.73. The minimum absolute atomic E-state index is 0.152. The standard InChI is InChI=1S/C20H25N3O2/c24-19-12-8-11-17(22-19)20(25)21-15-18(16-9-4-3-5-10-16)23-13-6-1-2-7-14-23/h3-5,8-12,18H,1-2,6-7,13-15H2,(H,21,25)(H,22,24). The van der Waals surface area contributed by atoms with Gasteiger partial charge >= 0.3 is 0 Å². The normalized spacial score (nSPS) is 16.8. The topological polar surface area (TPSA) is 65.2 Å². The fourth-order valence-electron chi connectivity index (χ4n) is 3.40. The van der Waals surface area contributed by atoms with E-state index < -0.39 is 0 Å². The van der Waals surface area contributed by atoms with Crippen molar-refractivity contribution in [2.75, 3.05) is 19.6 Å². The summed E-state index contributed by atoms with van der Waals surface area (Å²) in [6.45, 7) is 2.63. The summed E-state index contributed by atoms with van der Waals surface area (Å²) in [6, 6.07) is 15.1. The van der Waals surface area contributed by atoms with Crippen LogP contribution in [0.3, 0.4) is 0 Å². The maximum Gasteiger partial charge on any atom is 0.267 e. The number of carbonyl (C=O) groups excluding carboxylic acids is 1. The van der Waals surface area contributed by atoms with Gasteiger partial charge in [-0.15, -0.1) is 0 Å².